The smallest absolute Gasteiger partial charge is 0.137 e. The maximum absolute atomic E-state index is 9.65. The molecule has 6 heterocycles. The van der Waals surface area contributed by atoms with Crippen molar-refractivity contribution in [3.8, 4) is 0 Å². The van der Waals surface area contributed by atoms with Crippen molar-refractivity contribution in [1.82, 2.24) is 8.80 Å². The fourth-order valence-electron chi connectivity index (χ4n) is 13.2. The molecule has 0 unspecified atom stereocenters. The zero-order valence-electron chi connectivity index (χ0n) is 54.6. The van der Waals surface area contributed by atoms with Gasteiger partial charge in [-0.05, 0) is 131 Å². The Balaban J connectivity index is 1.01. The van der Waals surface area contributed by atoms with Gasteiger partial charge in [0.1, 0.15) is 22.3 Å². The molecule has 0 radical (unpaired) electrons. The van der Waals surface area contributed by atoms with Crippen molar-refractivity contribution in [3.63, 3.8) is 0 Å². The normalized spacial score (nSPS) is 14.6. The highest BCUT2D eigenvalue weighted by Gasteiger charge is 2.31. The quantitative estimate of drug-likeness (QED) is 0.166. The molecular weight excluding hydrogens is 977 g/mol. The zero-order chi connectivity index (χ0) is 62.2. The number of nitrogens with zero attached hydrogens (tertiary/aromatic N) is 4. The summed E-state index contributed by atoms with van der Waals surface area (Å²) in [5.74, 6) is 0. The molecule has 0 fully saturated rings. The Hall–Kier alpha value is -9.78. The number of hydrogen-bond donors (Lipinski definition) is 0. The van der Waals surface area contributed by atoms with Crippen molar-refractivity contribution in [2.24, 2.45) is 0 Å². The van der Waals surface area contributed by atoms with Crippen LogP contribution in [0, 0.1) is 0 Å². The predicted octanol–water partition coefficient (Wildman–Crippen LogP) is 21.3. The Labute approximate surface area is 475 Å². The van der Waals surface area contributed by atoms with Gasteiger partial charge in [-0.25, -0.2) is 0 Å². The molecule has 0 saturated carbocycles. The van der Waals surface area contributed by atoms with E-state index in [-0.39, 0.29) is 46.4 Å². The Bertz CT molecular complexity index is 5620. The van der Waals surface area contributed by atoms with E-state index < -0.39 is 36.3 Å². The van der Waals surface area contributed by atoms with Crippen molar-refractivity contribution in [3.05, 3.63) is 229 Å². The van der Waals surface area contributed by atoms with Gasteiger partial charge in [0.2, 0.25) is 0 Å². The van der Waals surface area contributed by atoms with Crippen LogP contribution in [0.1, 0.15) is 66.4 Å². The lowest BCUT2D eigenvalue weighted by molar-refractivity contribution is 0.591. The first-order valence-electron chi connectivity index (χ1n) is 32.1. The minimum Gasteiger partial charge on any atom is -0.456 e. The van der Waals surface area contributed by atoms with E-state index in [1.54, 1.807) is 0 Å². The molecule has 6 nitrogen and oxygen atoms in total. The highest BCUT2D eigenvalue weighted by atomic mass is 16.3. The Kier molecular flexibility index (Phi) is 7.23. The van der Waals surface area contributed by atoms with Gasteiger partial charge in [0.25, 0.3) is 0 Å². The average Bonchev–Trinajstić information content (AvgIpc) is 1.51. The highest BCUT2D eigenvalue weighted by Crippen LogP contribution is 2.54. The number of aromatic nitrogens is 2. The van der Waals surface area contributed by atoms with E-state index in [4.69, 9.17) is 17.1 Å². The Morgan fingerprint density at radius 2 is 0.738 bits per heavy atom. The van der Waals surface area contributed by atoms with E-state index >= 15 is 0 Å². The van der Waals surface area contributed by atoms with Crippen LogP contribution < -0.4 is 9.80 Å². The number of anilines is 6. The Morgan fingerprint density at radius 1 is 0.338 bits per heavy atom. The van der Waals surface area contributed by atoms with Crippen LogP contribution in [-0.4, -0.2) is 8.80 Å². The minimum absolute atomic E-state index is 0.00507. The third-order valence-electron chi connectivity index (χ3n) is 16.8. The van der Waals surface area contributed by atoms with Crippen molar-refractivity contribution >= 4 is 154 Å². The molecule has 11 aromatic carbocycles. The van der Waals surface area contributed by atoms with Gasteiger partial charge in [-0.3, -0.25) is 0 Å². The first-order valence-corrected chi connectivity index (χ1v) is 27.1. The lowest BCUT2D eigenvalue weighted by atomic mass is 9.86. The maximum Gasteiger partial charge on any atom is 0.137 e. The monoisotopic (exact) mass is 1040 g/mol. The first-order chi connectivity index (χ1) is 43.1. The van der Waals surface area contributed by atoms with Crippen LogP contribution in [0.25, 0.3) is 120 Å². The van der Waals surface area contributed by atoms with Gasteiger partial charge in [0, 0.05) is 65.2 Å². The second-order valence-corrected chi connectivity index (χ2v) is 23.3. The van der Waals surface area contributed by atoms with Crippen molar-refractivity contribution in [1.29, 1.82) is 0 Å². The zero-order valence-corrected chi connectivity index (χ0v) is 44.6. The molecule has 0 aliphatic rings. The molecule has 0 aliphatic heterocycles. The van der Waals surface area contributed by atoms with Crippen LogP contribution in [0.5, 0.6) is 0 Å². The molecule has 0 atom stereocenters. The molecule has 6 heteroatoms. The fourth-order valence-corrected chi connectivity index (χ4v) is 13.2. The minimum atomic E-state index is -0.485. The number of fused-ring (bicyclic) bond motifs is 18. The van der Waals surface area contributed by atoms with Gasteiger partial charge in [-0.15, -0.1) is 0 Å². The second-order valence-electron chi connectivity index (χ2n) is 23.3. The summed E-state index contributed by atoms with van der Waals surface area (Å²) in [6.45, 7) is 13.1. The SMILES string of the molecule is [2H]c1c([2H])c([2H])c(N(c2cccc3oc4ccccc4c23)c2ccc3c4cc5c(cc4n4c6ccc(C(C)(C)C)cc6c2c34)c2ccc(N(c3c([2H])c([2H])c([2H])c([2H])c3[2H])c3cccc4oc6ccccc6c34)c3c4cc(C(C)(C)C)ccc4n5c23)c([2H])c1[2H]. The van der Waals surface area contributed by atoms with E-state index in [9.17, 15) is 5.48 Å². The summed E-state index contributed by atoms with van der Waals surface area (Å²) in [7, 11) is 0. The summed E-state index contributed by atoms with van der Waals surface area (Å²) in [5.41, 5.74) is 12.1. The third kappa shape index (κ3) is 6.13. The van der Waals surface area contributed by atoms with Gasteiger partial charge in [0.05, 0.1) is 80.3 Å². The lowest BCUT2D eigenvalue weighted by Gasteiger charge is -2.27. The molecule has 0 spiro atoms. The van der Waals surface area contributed by atoms with E-state index in [0.717, 1.165) is 109 Å². The van der Waals surface area contributed by atoms with Gasteiger partial charge in [0.15, 0.2) is 0 Å². The van der Waals surface area contributed by atoms with Gasteiger partial charge >= 0.3 is 0 Å². The molecule has 80 heavy (non-hydrogen) atoms. The number of furan rings is 2. The molecular formula is C74H54N4O2. The number of rotatable bonds is 6. The van der Waals surface area contributed by atoms with Crippen LogP contribution in [0.4, 0.5) is 34.1 Å². The molecule has 17 aromatic rings. The average molecular weight is 1040 g/mol. The summed E-state index contributed by atoms with van der Waals surface area (Å²) in [4.78, 5) is 3.71. The summed E-state index contributed by atoms with van der Waals surface area (Å²) in [6, 6.07) is 48.8. The predicted molar refractivity (Wildman–Crippen MR) is 337 cm³/mol. The second kappa shape index (κ2) is 15.9. The summed E-state index contributed by atoms with van der Waals surface area (Å²) < 4.78 is 110. The molecule has 6 aromatic heterocycles. The molecule has 0 N–H and O–H groups in total. The van der Waals surface area contributed by atoms with E-state index in [2.05, 4.69) is 111 Å². The first kappa shape index (κ1) is 36.3. The molecule has 0 saturated heterocycles. The Morgan fingerprint density at radius 3 is 1.16 bits per heavy atom. The highest BCUT2D eigenvalue weighted by molar-refractivity contribution is 6.33. The number of hydrogen-bond acceptors (Lipinski definition) is 4. The van der Waals surface area contributed by atoms with Crippen LogP contribution in [0.2, 0.25) is 0 Å². The molecule has 0 bridgehead atoms. The van der Waals surface area contributed by atoms with Crippen molar-refractivity contribution in [2.45, 2.75) is 52.4 Å². The standard InChI is InChI=1S/C74H54N4O2/c1-73(2,3)43-31-35-55-53(39-43)69-59(75(45-19-9-7-10-20-45)57-25-17-29-65-67(57)49-23-13-15-27-63(49)79-65)37-33-47-51-42-62-52(41-61(51)77(55)71(47)69)48-34-38-60(70-54-40-44(74(4,5)6)32-36-56(54)78(62)72(48)70)76(46-21-11-8-12-22-46)58-26-18-30-66-68(58)50-24-14-16-28-64(50)80-66/h7-42H,1-6H3/i7D,8D,9D,10D,11D,12D,19D,20D,21D,22D. The van der Waals surface area contributed by atoms with E-state index in [0.29, 0.717) is 45.1 Å². The number of para-hydroxylation sites is 4. The number of benzene rings is 11. The van der Waals surface area contributed by atoms with Crippen LogP contribution in [0.15, 0.2) is 227 Å². The molecule has 0 amide bonds. The van der Waals surface area contributed by atoms with Crippen LogP contribution in [-0.2, 0) is 10.8 Å². The van der Waals surface area contributed by atoms with Gasteiger partial charge < -0.3 is 27.4 Å². The molecule has 17 rings (SSSR count). The van der Waals surface area contributed by atoms with Gasteiger partial charge in [-0.1, -0.05) is 151 Å². The van der Waals surface area contributed by atoms with Crippen LogP contribution in [0.3, 0.4) is 0 Å². The van der Waals surface area contributed by atoms with E-state index in [1.807, 2.05) is 107 Å². The van der Waals surface area contributed by atoms with E-state index in [1.165, 1.54) is 0 Å². The molecule has 0 aliphatic carbocycles. The lowest BCUT2D eigenvalue weighted by Crippen LogP contribution is -2.11. The molecule has 382 valence electrons. The van der Waals surface area contributed by atoms with Crippen molar-refractivity contribution in [2.75, 3.05) is 9.80 Å². The summed E-state index contributed by atoms with van der Waals surface area (Å²) in [5, 5.41) is 10.4. The van der Waals surface area contributed by atoms with Crippen LogP contribution >= 0.6 is 0 Å². The largest absolute Gasteiger partial charge is 0.456 e. The van der Waals surface area contributed by atoms with Gasteiger partial charge in [-0.2, -0.15) is 0 Å². The van der Waals surface area contributed by atoms with Crippen molar-refractivity contribution < 1.29 is 22.5 Å². The topological polar surface area (TPSA) is 41.6 Å². The summed E-state index contributed by atoms with van der Waals surface area (Å²) >= 11 is 0. The summed E-state index contributed by atoms with van der Waals surface area (Å²) in [6.07, 6.45) is 0. The fraction of sp³-hybridized carbons (Fsp3) is 0.108. The maximum atomic E-state index is 9.65. The third-order valence-corrected chi connectivity index (χ3v) is 16.8.